The fourth-order valence-electron chi connectivity index (χ4n) is 2.12. The van der Waals surface area contributed by atoms with Gasteiger partial charge in [0.1, 0.15) is 5.82 Å². The van der Waals surface area contributed by atoms with Gasteiger partial charge in [0.2, 0.25) is 0 Å². The average Bonchev–Trinajstić information content (AvgIpc) is 2.44. The third kappa shape index (κ3) is 3.38. The number of aliphatic hydroxyl groups is 1. The van der Waals surface area contributed by atoms with Gasteiger partial charge in [-0.2, -0.15) is 0 Å². The minimum absolute atomic E-state index is 0.203. The Morgan fingerprint density at radius 2 is 1.85 bits per heavy atom. The predicted molar refractivity (Wildman–Crippen MR) is 82.3 cm³/mol. The SMILES string of the molecule is NCC(c1ccc(Cl)cc1)C(O)c1cc(Br)ccc1F. The molecular weight excluding hydrogens is 345 g/mol. The van der Waals surface area contributed by atoms with E-state index in [0.29, 0.717) is 9.50 Å². The fourth-order valence-corrected chi connectivity index (χ4v) is 2.62. The topological polar surface area (TPSA) is 46.2 Å². The Balaban J connectivity index is 2.35. The second kappa shape index (κ2) is 6.68. The van der Waals surface area contributed by atoms with Crippen molar-refractivity contribution in [2.45, 2.75) is 12.0 Å². The summed E-state index contributed by atoms with van der Waals surface area (Å²) in [4.78, 5) is 0. The molecule has 106 valence electrons. The molecule has 0 aromatic heterocycles. The highest BCUT2D eigenvalue weighted by molar-refractivity contribution is 9.10. The second-order valence-electron chi connectivity index (χ2n) is 4.50. The van der Waals surface area contributed by atoms with Crippen molar-refractivity contribution in [3.8, 4) is 0 Å². The van der Waals surface area contributed by atoms with Crippen LogP contribution in [0.15, 0.2) is 46.9 Å². The number of halogens is 3. The summed E-state index contributed by atoms with van der Waals surface area (Å²) in [7, 11) is 0. The normalized spacial score (nSPS) is 14.1. The van der Waals surface area contributed by atoms with Crippen molar-refractivity contribution in [2.75, 3.05) is 6.54 Å². The maximum absolute atomic E-state index is 13.9. The van der Waals surface area contributed by atoms with Gasteiger partial charge in [-0.1, -0.05) is 39.7 Å². The lowest BCUT2D eigenvalue weighted by Gasteiger charge is -2.23. The van der Waals surface area contributed by atoms with Gasteiger partial charge in [-0.15, -0.1) is 0 Å². The van der Waals surface area contributed by atoms with Crippen LogP contribution in [0.3, 0.4) is 0 Å². The number of rotatable bonds is 4. The summed E-state index contributed by atoms with van der Waals surface area (Å²) in [6.45, 7) is 0.203. The average molecular weight is 359 g/mol. The molecule has 3 N–H and O–H groups in total. The Labute approximate surface area is 130 Å². The number of benzene rings is 2. The Bertz CT molecular complexity index is 591. The van der Waals surface area contributed by atoms with E-state index in [2.05, 4.69) is 15.9 Å². The maximum atomic E-state index is 13.9. The monoisotopic (exact) mass is 357 g/mol. The Kier molecular flexibility index (Phi) is 5.16. The number of hydrogen-bond acceptors (Lipinski definition) is 2. The second-order valence-corrected chi connectivity index (χ2v) is 5.86. The molecule has 5 heteroatoms. The summed E-state index contributed by atoms with van der Waals surface area (Å²) in [5.41, 5.74) is 6.79. The van der Waals surface area contributed by atoms with Crippen LogP contribution in [0.4, 0.5) is 4.39 Å². The fraction of sp³-hybridized carbons (Fsp3) is 0.200. The maximum Gasteiger partial charge on any atom is 0.129 e. The van der Waals surface area contributed by atoms with E-state index >= 15 is 0 Å². The molecule has 2 aromatic rings. The van der Waals surface area contributed by atoms with Gasteiger partial charge in [0.05, 0.1) is 6.10 Å². The zero-order valence-electron chi connectivity index (χ0n) is 10.6. The van der Waals surface area contributed by atoms with Crippen LogP contribution >= 0.6 is 27.5 Å². The van der Waals surface area contributed by atoms with Crippen molar-refractivity contribution in [2.24, 2.45) is 5.73 Å². The molecule has 2 unspecified atom stereocenters. The molecule has 0 saturated carbocycles. The molecule has 0 fully saturated rings. The molecule has 20 heavy (non-hydrogen) atoms. The van der Waals surface area contributed by atoms with Crippen molar-refractivity contribution in [1.82, 2.24) is 0 Å². The first-order chi connectivity index (χ1) is 9.52. The highest BCUT2D eigenvalue weighted by Gasteiger charge is 2.24. The van der Waals surface area contributed by atoms with Gasteiger partial charge in [0.25, 0.3) is 0 Å². The van der Waals surface area contributed by atoms with Gasteiger partial charge in [-0.25, -0.2) is 4.39 Å². The molecule has 0 heterocycles. The highest BCUT2D eigenvalue weighted by atomic mass is 79.9. The van der Waals surface area contributed by atoms with Crippen molar-refractivity contribution >= 4 is 27.5 Å². The minimum atomic E-state index is -1.02. The predicted octanol–water partition coefficient (Wildman–Crippen LogP) is 4.02. The van der Waals surface area contributed by atoms with E-state index in [0.717, 1.165) is 5.56 Å². The Hall–Kier alpha value is -0.940. The lowest BCUT2D eigenvalue weighted by molar-refractivity contribution is 0.143. The minimum Gasteiger partial charge on any atom is -0.388 e. The highest BCUT2D eigenvalue weighted by Crippen LogP contribution is 2.33. The van der Waals surface area contributed by atoms with Gasteiger partial charge in [-0.3, -0.25) is 0 Å². The van der Waals surface area contributed by atoms with E-state index in [1.807, 2.05) is 0 Å². The molecule has 0 aliphatic heterocycles. The van der Waals surface area contributed by atoms with Crippen molar-refractivity contribution in [3.05, 3.63) is 68.9 Å². The molecule has 0 bridgehead atoms. The largest absolute Gasteiger partial charge is 0.388 e. The van der Waals surface area contributed by atoms with Gasteiger partial charge >= 0.3 is 0 Å². The van der Waals surface area contributed by atoms with Crippen LogP contribution in [0.2, 0.25) is 5.02 Å². The molecule has 0 saturated heterocycles. The summed E-state index contributed by atoms with van der Waals surface area (Å²) >= 11 is 9.12. The van der Waals surface area contributed by atoms with E-state index in [4.69, 9.17) is 17.3 Å². The molecule has 0 spiro atoms. The summed E-state index contributed by atoms with van der Waals surface area (Å²) in [5.74, 6) is -0.843. The van der Waals surface area contributed by atoms with Crippen molar-refractivity contribution in [1.29, 1.82) is 0 Å². The first-order valence-electron chi connectivity index (χ1n) is 6.11. The van der Waals surface area contributed by atoms with Gasteiger partial charge < -0.3 is 10.8 Å². The Morgan fingerprint density at radius 1 is 1.20 bits per heavy atom. The standard InChI is InChI=1S/C15H14BrClFNO/c16-10-3-6-14(18)12(7-10)15(20)13(8-19)9-1-4-11(17)5-2-9/h1-7,13,15,20H,8,19H2. The summed E-state index contributed by atoms with van der Waals surface area (Å²) in [6, 6.07) is 11.5. The molecule has 2 atom stereocenters. The Morgan fingerprint density at radius 3 is 2.45 bits per heavy atom. The van der Waals surface area contributed by atoms with Crippen LogP contribution in [0, 0.1) is 5.82 Å². The van der Waals surface area contributed by atoms with Crippen LogP contribution in [0.5, 0.6) is 0 Å². The smallest absolute Gasteiger partial charge is 0.129 e. The van der Waals surface area contributed by atoms with E-state index in [-0.39, 0.29) is 12.1 Å². The third-order valence-electron chi connectivity index (χ3n) is 3.21. The van der Waals surface area contributed by atoms with Crippen LogP contribution in [-0.2, 0) is 0 Å². The molecule has 0 amide bonds. The summed E-state index contributed by atoms with van der Waals surface area (Å²) < 4.78 is 14.6. The third-order valence-corrected chi connectivity index (χ3v) is 3.96. The molecule has 2 rings (SSSR count). The van der Waals surface area contributed by atoms with Crippen LogP contribution in [0.25, 0.3) is 0 Å². The lowest BCUT2D eigenvalue weighted by Crippen LogP contribution is -2.21. The molecule has 0 aliphatic carbocycles. The summed E-state index contributed by atoms with van der Waals surface area (Å²) in [6.07, 6.45) is -1.02. The number of hydrogen-bond donors (Lipinski definition) is 2. The summed E-state index contributed by atoms with van der Waals surface area (Å²) in [5, 5.41) is 11.0. The lowest BCUT2D eigenvalue weighted by atomic mass is 9.89. The van der Waals surface area contributed by atoms with Crippen molar-refractivity contribution in [3.63, 3.8) is 0 Å². The first-order valence-corrected chi connectivity index (χ1v) is 7.28. The van der Waals surface area contributed by atoms with Gasteiger partial charge in [0.15, 0.2) is 0 Å². The molecule has 0 aliphatic rings. The van der Waals surface area contributed by atoms with Gasteiger partial charge in [-0.05, 0) is 35.9 Å². The first kappa shape index (κ1) is 15.4. The quantitative estimate of drug-likeness (QED) is 0.867. The van der Waals surface area contributed by atoms with Gasteiger partial charge in [0, 0.05) is 27.5 Å². The number of nitrogens with two attached hydrogens (primary N) is 1. The molecule has 0 radical (unpaired) electrons. The van der Waals surface area contributed by atoms with Crippen LogP contribution in [0.1, 0.15) is 23.1 Å². The van der Waals surface area contributed by atoms with E-state index in [9.17, 15) is 9.50 Å². The molecule has 2 nitrogen and oxygen atoms in total. The van der Waals surface area contributed by atoms with Crippen LogP contribution < -0.4 is 5.73 Å². The number of aliphatic hydroxyl groups excluding tert-OH is 1. The van der Waals surface area contributed by atoms with Crippen LogP contribution in [-0.4, -0.2) is 11.7 Å². The van der Waals surface area contributed by atoms with E-state index in [1.165, 1.54) is 6.07 Å². The van der Waals surface area contributed by atoms with E-state index < -0.39 is 17.8 Å². The molecular formula is C15H14BrClFNO. The van der Waals surface area contributed by atoms with E-state index in [1.54, 1.807) is 36.4 Å². The van der Waals surface area contributed by atoms with Crippen molar-refractivity contribution < 1.29 is 9.50 Å². The zero-order chi connectivity index (χ0) is 14.7. The molecule has 2 aromatic carbocycles. The zero-order valence-corrected chi connectivity index (χ0v) is 12.9.